The summed E-state index contributed by atoms with van der Waals surface area (Å²) in [5, 5.41) is 13.0. The molecule has 0 amide bonds. The van der Waals surface area contributed by atoms with Crippen LogP contribution in [0.1, 0.15) is 56.7 Å². The summed E-state index contributed by atoms with van der Waals surface area (Å²) >= 11 is 1.77. The number of likely N-dealkylation sites (tertiary alicyclic amines) is 1. The number of aromatic nitrogens is 1. The van der Waals surface area contributed by atoms with Gasteiger partial charge in [0, 0.05) is 23.9 Å². The van der Waals surface area contributed by atoms with E-state index < -0.39 is 0 Å². The van der Waals surface area contributed by atoms with Crippen LogP contribution in [-0.2, 0) is 6.54 Å². The lowest BCUT2D eigenvalue weighted by atomic mass is 10.1. The highest BCUT2D eigenvalue weighted by Crippen LogP contribution is 2.25. The number of aliphatic hydroxyl groups is 1. The molecular weight excluding hydrogens is 244 g/mol. The Morgan fingerprint density at radius 2 is 2.28 bits per heavy atom. The number of nitrogens with zero attached hydrogens (tertiary/aromatic N) is 2. The first kappa shape index (κ1) is 14.0. The Morgan fingerprint density at radius 3 is 2.89 bits per heavy atom. The Balaban J connectivity index is 1.94. The molecule has 1 aliphatic heterocycles. The van der Waals surface area contributed by atoms with E-state index in [1.165, 1.54) is 23.5 Å². The molecule has 0 saturated carbocycles. The molecule has 1 aliphatic rings. The topological polar surface area (TPSA) is 36.4 Å². The molecule has 0 spiro atoms. The van der Waals surface area contributed by atoms with E-state index in [0.717, 1.165) is 19.5 Å². The van der Waals surface area contributed by atoms with Gasteiger partial charge in [-0.1, -0.05) is 13.8 Å². The highest BCUT2D eigenvalue weighted by Gasteiger charge is 2.26. The SMILES string of the molecule is CC(O)CC1CCCN1Cc1csc(C(C)C)n1. The molecule has 102 valence electrons. The Morgan fingerprint density at radius 1 is 1.50 bits per heavy atom. The third-order valence-corrected chi connectivity index (χ3v) is 4.73. The maximum atomic E-state index is 9.53. The highest BCUT2D eigenvalue weighted by molar-refractivity contribution is 7.09. The lowest BCUT2D eigenvalue weighted by Gasteiger charge is -2.24. The van der Waals surface area contributed by atoms with Gasteiger partial charge in [0.25, 0.3) is 0 Å². The molecule has 0 bridgehead atoms. The lowest BCUT2D eigenvalue weighted by molar-refractivity contribution is 0.130. The van der Waals surface area contributed by atoms with E-state index >= 15 is 0 Å². The zero-order valence-electron chi connectivity index (χ0n) is 11.6. The highest BCUT2D eigenvalue weighted by atomic mass is 32.1. The molecular formula is C14H24N2OS. The van der Waals surface area contributed by atoms with E-state index in [0.29, 0.717) is 12.0 Å². The van der Waals surface area contributed by atoms with Gasteiger partial charge in [-0.2, -0.15) is 0 Å². The van der Waals surface area contributed by atoms with Crippen molar-refractivity contribution in [2.45, 2.75) is 64.6 Å². The van der Waals surface area contributed by atoms with Crippen molar-refractivity contribution in [3.63, 3.8) is 0 Å². The number of rotatable bonds is 5. The van der Waals surface area contributed by atoms with Gasteiger partial charge in [0.05, 0.1) is 16.8 Å². The van der Waals surface area contributed by atoms with Crippen LogP contribution in [-0.4, -0.2) is 33.7 Å². The predicted octanol–water partition coefficient (Wildman–Crippen LogP) is 3.00. The fourth-order valence-corrected chi connectivity index (χ4v) is 3.46. The van der Waals surface area contributed by atoms with Gasteiger partial charge < -0.3 is 5.11 Å². The van der Waals surface area contributed by atoms with Crippen LogP contribution in [0.3, 0.4) is 0 Å². The van der Waals surface area contributed by atoms with E-state index in [9.17, 15) is 5.11 Å². The largest absolute Gasteiger partial charge is 0.393 e. The standard InChI is InChI=1S/C14H24N2OS/c1-10(2)14-15-12(9-18-14)8-16-6-4-5-13(16)7-11(3)17/h9-11,13,17H,4-8H2,1-3H3. The number of hydrogen-bond donors (Lipinski definition) is 1. The van der Waals surface area contributed by atoms with E-state index in [2.05, 4.69) is 24.1 Å². The molecule has 4 heteroatoms. The normalized spacial score (nSPS) is 22.8. The van der Waals surface area contributed by atoms with Crippen LogP contribution in [0.25, 0.3) is 0 Å². The maximum absolute atomic E-state index is 9.53. The predicted molar refractivity (Wildman–Crippen MR) is 75.9 cm³/mol. The molecule has 2 rings (SSSR count). The van der Waals surface area contributed by atoms with Crippen LogP contribution in [0.15, 0.2) is 5.38 Å². The first-order chi connectivity index (χ1) is 8.56. The van der Waals surface area contributed by atoms with Gasteiger partial charge in [0.15, 0.2) is 0 Å². The third-order valence-electron chi connectivity index (χ3n) is 3.54. The zero-order chi connectivity index (χ0) is 13.1. The van der Waals surface area contributed by atoms with Crippen LogP contribution in [0.5, 0.6) is 0 Å². The van der Waals surface area contributed by atoms with Gasteiger partial charge in [0.2, 0.25) is 0 Å². The zero-order valence-corrected chi connectivity index (χ0v) is 12.4. The molecule has 0 radical (unpaired) electrons. The molecule has 2 atom stereocenters. The van der Waals surface area contributed by atoms with Crippen LogP contribution in [0.4, 0.5) is 0 Å². The van der Waals surface area contributed by atoms with Gasteiger partial charge >= 0.3 is 0 Å². The molecule has 0 aliphatic carbocycles. The van der Waals surface area contributed by atoms with Crippen molar-refractivity contribution < 1.29 is 5.11 Å². The summed E-state index contributed by atoms with van der Waals surface area (Å²) in [7, 11) is 0. The summed E-state index contributed by atoms with van der Waals surface area (Å²) in [4.78, 5) is 7.18. The number of hydrogen-bond acceptors (Lipinski definition) is 4. The van der Waals surface area contributed by atoms with E-state index in [1.54, 1.807) is 11.3 Å². The molecule has 1 saturated heterocycles. The minimum atomic E-state index is -0.197. The van der Waals surface area contributed by atoms with Crippen molar-refractivity contribution in [1.29, 1.82) is 0 Å². The Kier molecular flexibility index (Phi) is 4.76. The van der Waals surface area contributed by atoms with Crippen molar-refractivity contribution >= 4 is 11.3 Å². The van der Waals surface area contributed by atoms with Crippen molar-refractivity contribution in [2.24, 2.45) is 0 Å². The second-order valence-electron chi connectivity index (χ2n) is 5.68. The molecule has 2 unspecified atom stereocenters. The van der Waals surface area contributed by atoms with Crippen molar-refractivity contribution in [1.82, 2.24) is 9.88 Å². The van der Waals surface area contributed by atoms with Crippen LogP contribution < -0.4 is 0 Å². The van der Waals surface area contributed by atoms with Gasteiger partial charge in [-0.05, 0) is 32.7 Å². The fraction of sp³-hybridized carbons (Fsp3) is 0.786. The van der Waals surface area contributed by atoms with E-state index in [1.807, 2.05) is 6.92 Å². The van der Waals surface area contributed by atoms with Crippen LogP contribution in [0.2, 0.25) is 0 Å². The maximum Gasteiger partial charge on any atom is 0.0954 e. The average Bonchev–Trinajstić information content (AvgIpc) is 2.89. The molecule has 1 aromatic rings. The fourth-order valence-electron chi connectivity index (χ4n) is 2.63. The van der Waals surface area contributed by atoms with E-state index in [-0.39, 0.29) is 6.10 Å². The van der Waals surface area contributed by atoms with Gasteiger partial charge in [-0.3, -0.25) is 4.90 Å². The third kappa shape index (κ3) is 3.53. The van der Waals surface area contributed by atoms with Crippen LogP contribution >= 0.6 is 11.3 Å². The molecule has 0 aromatic carbocycles. The monoisotopic (exact) mass is 268 g/mol. The molecule has 1 aromatic heterocycles. The first-order valence-corrected chi connectivity index (χ1v) is 7.80. The second-order valence-corrected chi connectivity index (χ2v) is 6.57. The minimum absolute atomic E-state index is 0.197. The Hall–Kier alpha value is -0.450. The van der Waals surface area contributed by atoms with Gasteiger partial charge in [0.1, 0.15) is 0 Å². The average molecular weight is 268 g/mol. The summed E-state index contributed by atoms with van der Waals surface area (Å²) in [5.41, 5.74) is 1.20. The molecule has 18 heavy (non-hydrogen) atoms. The van der Waals surface area contributed by atoms with Gasteiger partial charge in [-0.15, -0.1) is 11.3 Å². The Labute approximate surface area is 114 Å². The summed E-state index contributed by atoms with van der Waals surface area (Å²) < 4.78 is 0. The van der Waals surface area contributed by atoms with Crippen molar-refractivity contribution in [2.75, 3.05) is 6.54 Å². The number of thiazole rings is 1. The smallest absolute Gasteiger partial charge is 0.0954 e. The van der Waals surface area contributed by atoms with E-state index in [4.69, 9.17) is 4.98 Å². The summed E-state index contributed by atoms with van der Waals surface area (Å²) in [6.45, 7) is 8.35. The molecule has 1 N–H and O–H groups in total. The second kappa shape index (κ2) is 6.13. The molecule has 2 heterocycles. The number of aliphatic hydroxyl groups excluding tert-OH is 1. The van der Waals surface area contributed by atoms with Crippen LogP contribution in [0, 0.1) is 0 Å². The molecule has 1 fully saturated rings. The summed E-state index contributed by atoms with van der Waals surface area (Å²) in [6.07, 6.45) is 3.16. The van der Waals surface area contributed by atoms with Crippen molar-refractivity contribution in [3.8, 4) is 0 Å². The Bertz CT molecular complexity index is 376. The summed E-state index contributed by atoms with van der Waals surface area (Å²) in [6, 6.07) is 0.536. The lowest BCUT2D eigenvalue weighted by Crippen LogP contribution is -2.31. The van der Waals surface area contributed by atoms with Crippen molar-refractivity contribution in [3.05, 3.63) is 16.1 Å². The van der Waals surface area contributed by atoms with Gasteiger partial charge in [-0.25, -0.2) is 4.98 Å². The first-order valence-electron chi connectivity index (χ1n) is 6.92. The quantitative estimate of drug-likeness (QED) is 0.892. The summed E-state index contributed by atoms with van der Waals surface area (Å²) in [5.74, 6) is 0.524. The minimum Gasteiger partial charge on any atom is -0.393 e. The molecule has 3 nitrogen and oxygen atoms in total.